The Morgan fingerprint density at radius 1 is 0.656 bits per heavy atom. The van der Waals surface area contributed by atoms with Crippen LogP contribution in [0.15, 0.2) is 72.8 Å². The Morgan fingerprint density at radius 3 is 2.03 bits per heavy atom. The zero-order valence-corrected chi connectivity index (χ0v) is 18.5. The number of ketones is 1. The third-order valence-electron chi connectivity index (χ3n) is 5.50. The molecule has 0 atom stereocenters. The summed E-state index contributed by atoms with van der Waals surface area (Å²) in [6.07, 6.45) is 0. The van der Waals surface area contributed by atoms with Gasteiger partial charge in [-0.3, -0.25) is 4.79 Å². The summed E-state index contributed by atoms with van der Waals surface area (Å²) in [5.74, 6) is 2.50. The molecule has 4 aromatic carbocycles. The van der Waals surface area contributed by atoms with Crippen LogP contribution in [0.3, 0.4) is 0 Å². The number of methoxy groups -OCH3 is 4. The molecule has 32 heavy (non-hydrogen) atoms. The van der Waals surface area contributed by atoms with Crippen molar-refractivity contribution in [2.75, 3.05) is 28.4 Å². The lowest BCUT2D eigenvalue weighted by atomic mass is 9.89. The molecule has 0 saturated carbocycles. The fourth-order valence-corrected chi connectivity index (χ4v) is 3.89. The summed E-state index contributed by atoms with van der Waals surface area (Å²) >= 11 is 0. The number of ether oxygens (including phenoxy) is 4. The lowest BCUT2D eigenvalue weighted by molar-refractivity contribution is 0.104. The molecule has 0 unspecified atom stereocenters. The molecular weight excluding hydrogens is 404 g/mol. The molecule has 0 aliphatic carbocycles. The number of hydrogen-bond acceptors (Lipinski definition) is 5. The molecule has 0 spiro atoms. The maximum absolute atomic E-state index is 13.8. The first-order valence-electron chi connectivity index (χ1n) is 10.1. The Labute approximate surface area is 187 Å². The van der Waals surface area contributed by atoms with E-state index in [2.05, 4.69) is 0 Å². The molecule has 0 fully saturated rings. The van der Waals surface area contributed by atoms with E-state index in [-0.39, 0.29) is 5.78 Å². The summed E-state index contributed by atoms with van der Waals surface area (Å²) in [7, 11) is 6.41. The number of carbonyl (C=O) groups excluding carboxylic acids is 1. The molecule has 0 aliphatic heterocycles. The van der Waals surface area contributed by atoms with Gasteiger partial charge in [0.15, 0.2) is 17.3 Å². The maximum atomic E-state index is 13.8. The van der Waals surface area contributed by atoms with Crippen molar-refractivity contribution < 1.29 is 23.7 Å². The van der Waals surface area contributed by atoms with Gasteiger partial charge in [0.2, 0.25) is 0 Å². The lowest BCUT2D eigenvalue weighted by Crippen LogP contribution is -2.06. The Morgan fingerprint density at radius 2 is 1.38 bits per heavy atom. The molecule has 4 aromatic rings. The van der Waals surface area contributed by atoms with Crippen molar-refractivity contribution in [2.24, 2.45) is 0 Å². The summed E-state index contributed by atoms with van der Waals surface area (Å²) < 4.78 is 21.8. The van der Waals surface area contributed by atoms with E-state index in [1.54, 1.807) is 52.7 Å². The van der Waals surface area contributed by atoms with Gasteiger partial charge >= 0.3 is 0 Å². The van der Waals surface area contributed by atoms with E-state index >= 15 is 0 Å². The van der Waals surface area contributed by atoms with E-state index in [0.717, 1.165) is 27.6 Å². The molecule has 0 N–H and O–H groups in total. The van der Waals surface area contributed by atoms with Crippen LogP contribution in [0.1, 0.15) is 15.9 Å². The molecule has 0 bridgehead atoms. The van der Waals surface area contributed by atoms with Crippen LogP contribution in [-0.4, -0.2) is 34.2 Å². The second-order valence-electron chi connectivity index (χ2n) is 7.17. The molecular formula is C27H24O5. The molecule has 162 valence electrons. The van der Waals surface area contributed by atoms with Crippen LogP contribution in [0.5, 0.6) is 23.0 Å². The third-order valence-corrected chi connectivity index (χ3v) is 5.50. The quantitative estimate of drug-likeness (QED) is 0.350. The van der Waals surface area contributed by atoms with E-state index in [0.29, 0.717) is 28.4 Å². The van der Waals surface area contributed by atoms with Crippen LogP contribution in [0.4, 0.5) is 0 Å². The molecule has 5 heteroatoms. The van der Waals surface area contributed by atoms with Crippen LogP contribution in [-0.2, 0) is 0 Å². The predicted octanol–water partition coefficient (Wildman–Crippen LogP) is 5.77. The number of para-hydroxylation sites is 1. The van der Waals surface area contributed by atoms with E-state index in [1.165, 1.54) is 0 Å². The van der Waals surface area contributed by atoms with Crippen molar-refractivity contribution in [3.63, 3.8) is 0 Å². The van der Waals surface area contributed by atoms with E-state index in [9.17, 15) is 4.79 Å². The van der Waals surface area contributed by atoms with E-state index < -0.39 is 0 Å². The molecule has 0 aliphatic rings. The normalized spacial score (nSPS) is 10.6. The Bertz CT molecular complexity index is 1280. The predicted molar refractivity (Wildman–Crippen MR) is 125 cm³/mol. The van der Waals surface area contributed by atoms with Crippen molar-refractivity contribution in [1.82, 2.24) is 0 Å². The lowest BCUT2D eigenvalue weighted by Gasteiger charge is -2.17. The third kappa shape index (κ3) is 3.73. The van der Waals surface area contributed by atoms with Gasteiger partial charge in [0.05, 0.1) is 28.4 Å². The van der Waals surface area contributed by atoms with Crippen LogP contribution in [0, 0.1) is 0 Å². The highest BCUT2D eigenvalue weighted by molar-refractivity contribution is 6.20. The van der Waals surface area contributed by atoms with Gasteiger partial charge in [-0.25, -0.2) is 0 Å². The molecule has 0 aromatic heterocycles. The van der Waals surface area contributed by atoms with Crippen molar-refractivity contribution in [1.29, 1.82) is 0 Å². The standard InChI is InChI=1S/C27H24O5/c1-29-19-11-8-17(9-12-19)26(28)25-21-15-13-20(30-2)16-18(21)10-14-22(25)23-6-5-7-24(31-3)27(23)32-4/h5-16H,1-4H3. The highest BCUT2D eigenvalue weighted by atomic mass is 16.5. The van der Waals surface area contributed by atoms with E-state index in [1.807, 2.05) is 48.5 Å². The second-order valence-corrected chi connectivity index (χ2v) is 7.17. The van der Waals surface area contributed by atoms with E-state index in [4.69, 9.17) is 18.9 Å². The first-order chi connectivity index (χ1) is 15.6. The first kappa shape index (κ1) is 21.2. The number of benzene rings is 4. The molecule has 0 heterocycles. The van der Waals surface area contributed by atoms with Crippen LogP contribution in [0.2, 0.25) is 0 Å². The minimum absolute atomic E-state index is 0.0942. The first-order valence-corrected chi connectivity index (χ1v) is 10.1. The van der Waals surface area contributed by atoms with Crippen LogP contribution < -0.4 is 18.9 Å². The molecule has 4 rings (SSSR count). The van der Waals surface area contributed by atoms with Gasteiger partial charge in [-0.2, -0.15) is 0 Å². The van der Waals surface area contributed by atoms with Gasteiger partial charge in [-0.15, -0.1) is 0 Å². The minimum Gasteiger partial charge on any atom is -0.497 e. The zero-order valence-electron chi connectivity index (χ0n) is 18.5. The maximum Gasteiger partial charge on any atom is 0.194 e. The monoisotopic (exact) mass is 428 g/mol. The fraction of sp³-hybridized carbons (Fsp3) is 0.148. The average Bonchev–Trinajstić information content (AvgIpc) is 2.86. The summed E-state index contributed by atoms with van der Waals surface area (Å²) in [6.45, 7) is 0. The Kier molecular flexibility index (Phi) is 5.99. The number of rotatable bonds is 7. The summed E-state index contributed by atoms with van der Waals surface area (Å²) in [5, 5.41) is 1.74. The molecule has 0 saturated heterocycles. The molecule has 5 nitrogen and oxygen atoms in total. The SMILES string of the molecule is COc1ccc(C(=O)c2c(-c3cccc(OC)c3OC)ccc3cc(OC)ccc23)cc1. The van der Waals surface area contributed by atoms with Gasteiger partial charge < -0.3 is 18.9 Å². The molecule has 0 radical (unpaired) electrons. The highest BCUT2D eigenvalue weighted by Gasteiger charge is 2.22. The summed E-state index contributed by atoms with van der Waals surface area (Å²) in [4.78, 5) is 13.8. The van der Waals surface area contributed by atoms with Crippen molar-refractivity contribution >= 4 is 16.6 Å². The van der Waals surface area contributed by atoms with Crippen molar-refractivity contribution in [2.45, 2.75) is 0 Å². The number of hydrogen-bond donors (Lipinski definition) is 0. The van der Waals surface area contributed by atoms with Gasteiger partial charge in [0.1, 0.15) is 11.5 Å². The number of fused-ring (bicyclic) bond motifs is 1. The molecule has 0 amide bonds. The fourth-order valence-electron chi connectivity index (χ4n) is 3.89. The van der Waals surface area contributed by atoms with Crippen LogP contribution in [0.25, 0.3) is 21.9 Å². The number of carbonyl (C=O) groups is 1. The minimum atomic E-state index is -0.0942. The smallest absolute Gasteiger partial charge is 0.194 e. The van der Waals surface area contributed by atoms with Crippen LogP contribution >= 0.6 is 0 Å². The summed E-state index contributed by atoms with van der Waals surface area (Å²) in [6, 6.07) is 22.4. The van der Waals surface area contributed by atoms with Gasteiger partial charge in [-0.1, -0.05) is 24.3 Å². The second kappa shape index (κ2) is 9.02. The largest absolute Gasteiger partial charge is 0.497 e. The van der Waals surface area contributed by atoms with Crippen molar-refractivity contribution in [3.8, 4) is 34.1 Å². The summed E-state index contributed by atoms with van der Waals surface area (Å²) in [5.41, 5.74) is 2.69. The topological polar surface area (TPSA) is 54.0 Å². The van der Waals surface area contributed by atoms with Crippen molar-refractivity contribution in [3.05, 3.63) is 83.9 Å². The van der Waals surface area contributed by atoms with Gasteiger partial charge in [-0.05, 0) is 64.9 Å². The highest BCUT2D eigenvalue weighted by Crippen LogP contribution is 2.42. The average molecular weight is 428 g/mol. The van der Waals surface area contributed by atoms with Gasteiger partial charge in [0.25, 0.3) is 0 Å². The Balaban J connectivity index is 2.01. The Hall–Kier alpha value is -3.99. The van der Waals surface area contributed by atoms with Gasteiger partial charge in [0, 0.05) is 16.7 Å². The zero-order chi connectivity index (χ0) is 22.7.